The lowest BCUT2D eigenvalue weighted by molar-refractivity contribution is -0.247. The molecular formula is C7H7F7. The van der Waals surface area contributed by atoms with Crippen molar-refractivity contribution in [2.45, 2.75) is 30.9 Å². The third kappa shape index (κ3) is 3.55. The van der Waals surface area contributed by atoms with E-state index in [9.17, 15) is 30.7 Å². The van der Waals surface area contributed by atoms with Crippen molar-refractivity contribution in [3.63, 3.8) is 0 Å². The molecule has 0 N–H and O–H groups in total. The highest BCUT2D eigenvalue weighted by atomic mass is 19.4. The fourth-order valence-electron chi connectivity index (χ4n) is 0.686. The number of hydrogen-bond acceptors (Lipinski definition) is 0. The van der Waals surface area contributed by atoms with Crippen molar-refractivity contribution in [2.75, 3.05) is 0 Å². The smallest absolute Gasteiger partial charge is 0.243 e. The van der Waals surface area contributed by atoms with Crippen molar-refractivity contribution < 1.29 is 30.7 Å². The second-order valence-corrected chi connectivity index (χ2v) is 2.62. The molecule has 0 bridgehead atoms. The second-order valence-electron chi connectivity index (χ2n) is 2.62. The van der Waals surface area contributed by atoms with Crippen LogP contribution in [-0.2, 0) is 0 Å². The van der Waals surface area contributed by atoms with E-state index in [1.165, 1.54) is 0 Å². The Hall–Kier alpha value is -0.750. The van der Waals surface area contributed by atoms with Crippen LogP contribution >= 0.6 is 0 Å². The Morgan fingerprint density at radius 2 is 1.50 bits per heavy atom. The van der Waals surface area contributed by atoms with E-state index in [2.05, 4.69) is 6.58 Å². The molecule has 0 aliphatic rings. The number of hydrogen-bond donors (Lipinski definition) is 0. The molecule has 14 heavy (non-hydrogen) atoms. The fourth-order valence-corrected chi connectivity index (χ4v) is 0.686. The van der Waals surface area contributed by atoms with Gasteiger partial charge in [-0.2, -0.15) is 13.2 Å². The number of halogens is 7. The molecule has 0 saturated heterocycles. The molecule has 0 rings (SSSR count). The largest absolute Gasteiger partial charge is 0.425 e. The van der Waals surface area contributed by atoms with Gasteiger partial charge in [0.2, 0.25) is 0 Å². The SMILES string of the molecule is C=CC(F)CC(F)(F)C(F)C(F)(F)F. The van der Waals surface area contributed by atoms with Crippen LogP contribution in [0.1, 0.15) is 6.42 Å². The van der Waals surface area contributed by atoms with Gasteiger partial charge in [0.25, 0.3) is 12.1 Å². The Kier molecular flexibility index (Phi) is 3.96. The van der Waals surface area contributed by atoms with E-state index in [4.69, 9.17) is 0 Å². The molecule has 84 valence electrons. The van der Waals surface area contributed by atoms with E-state index in [1.54, 1.807) is 0 Å². The zero-order valence-electron chi connectivity index (χ0n) is 6.79. The Labute approximate surface area is 75.4 Å². The molecule has 0 aliphatic heterocycles. The first kappa shape index (κ1) is 13.2. The van der Waals surface area contributed by atoms with Crippen LogP contribution in [0.2, 0.25) is 0 Å². The predicted octanol–water partition coefficient (Wildman–Crippen LogP) is 3.44. The lowest BCUT2D eigenvalue weighted by atomic mass is 10.1. The predicted molar refractivity (Wildman–Crippen MR) is 35.6 cm³/mol. The summed E-state index contributed by atoms with van der Waals surface area (Å²) in [6, 6.07) is 0. The van der Waals surface area contributed by atoms with Gasteiger partial charge in [-0.25, -0.2) is 17.6 Å². The van der Waals surface area contributed by atoms with Crippen LogP contribution in [0.15, 0.2) is 12.7 Å². The highest BCUT2D eigenvalue weighted by Crippen LogP contribution is 2.38. The van der Waals surface area contributed by atoms with E-state index in [0.29, 0.717) is 6.08 Å². The molecule has 0 nitrogen and oxygen atoms in total. The molecule has 2 atom stereocenters. The van der Waals surface area contributed by atoms with Crippen molar-refractivity contribution in [1.82, 2.24) is 0 Å². The van der Waals surface area contributed by atoms with Crippen LogP contribution < -0.4 is 0 Å². The van der Waals surface area contributed by atoms with Gasteiger partial charge >= 0.3 is 6.18 Å². The molecule has 0 aliphatic carbocycles. The quantitative estimate of drug-likeness (QED) is 0.506. The van der Waals surface area contributed by atoms with Gasteiger partial charge in [0.15, 0.2) is 0 Å². The first-order valence-electron chi connectivity index (χ1n) is 3.46. The Balaban J connectivity index is 4.53. The lowest BCUT2D eigenvalue weighted by Gasteiger charge is -2.22. The monoisotopic (exact) mass is 224 g/mol. The van der Waals surface area contributed by atoms with Gasteiger partial charge in [-0.05, 0) is 0 Å². The number of alkyl halides is 7. The second kappa shape index (κ2) is 4.18. The third-order valence-electron chi connectivity index (χ3n) is 1.38. The summed E-state index contributed by atoms with van der Waals surface area (Å²) in [5.74, 6) is -4.77. The van der Waals surface area contributed by atoms with E-state index < -0.39 is 30.9 Å². The molecule has 0 radical (unpaired) electrons. The zero-order chi connectivity index (χ0) is 11.6. The van der Waals surface area contributed by atoms with Gasteiger partial charge in [0.1, 0.15) is 6.17 Å². The fraction of sp³-hybridized carbons (Fsp3) is 0.714. The van der Waals surface area contributed by atoms with Crippen LogP contribution in [-0.4, -0.2) is 24.4 Å². The van der Waals surface area contributed by atoms with Crippen LogP contribution in [0.3, 0.4) is 0 Å². The molecule has 0 spiro atoms. The van der Waals surface area contributed by atoms with Gasteiger partial charge in [-0.3, -0.25) is 0 Å². The standard InChI is InChI=1S/C7H7F7/c1-2-4(8)3-6(10,11)5(9)7(12,13)14/h2,4-5H,1,3H2. The number of allylic oxidation sites excluding steroid dienone is 1. The van der Waals surface area contributed by atoms with E-state index in [0.717, 1.165) is 0 Å². The van der Waals surface area contributed by atoms with Crippen molar-refractivity contribution in [3.05, 3.63) is 12.7 Å². The Morgan fingerprint density at radius 3 is 1.79 bits per heavy atom. The summed E-state index contributed by atoms with van der Waals surface area (Å²) < 4.78 is 83.6. The molecule has 0 aromatic carbocycles. The maximum atomic E-state index is 12.4. The van der Waals surface area contributed by atoms with Crippen LogP contribution in [0.4, 0.5) is 30.7 Å². The molecule has 0 fully saturated rings. The van der Waals surface area contributed by atoms with Crippen LogP contribution in [0.25, 0.3) is 0 Å². The summed E-state index contributed by atoms with van der Waals surface area (Å²) in [7, 11) is 0. The van der Waals surface area contributed by atoms with Crippen molar-refractivity contribution in [3.8, 4) is 0 Å². The highest BCUT2D eigenvalue weighted by molar-refractivity contribution is 4.90. The summed E-state index contributed by atoms with van der Waals surface area (Å²) in [5.41, 5.74) is 0. The van der Waals surface area contributed by atoms with Crippen LogP contribution in [0.5, 0.6) is 0 Å². The first-order valence-corrected chi connectivity index (χ1v) is 3.46. The van der Waals surface area contributed by atoms with Gasteiger partial charge in [0, 0.05) is 6.42 Å². The molecule has 0 aromatic rings. The maximum absolute atomic E-state index is 12.4. The normalized spacial score (nSPS) is 17.6. The average Bonchev–Trinajstić information content (AvgIpc) is 2.00. The summed E-state index contributed by atoms with van der Waals surface area (Å²) in [6.07, 6.45) is -13.9. The Bertz CT molecular complexity index is 195. The van der Waals surface area contributed by atoms with E-state index in [1.807, 2.05) is 0 Å². The third-order valence-corrected chi connectivity index (χ3v) is 1.38. The van der Waals surface area contributed by atoms with Gasteiger partial charge < -0.3 is 0 Å². The molecule has 2 unspecified atom stereocenters. The summed E-state index contributed by atoms with van der Waals surface area (Å²) >= 11 is 0. The minimum Gasteiger partial charge on any atom is -0.243 e. The topological polar surface area (TPSA) is 0 Å². The summed E-state index contributed by atoms with van der Waals surface area (Å²) in [4.78, 5) is 0. The van der Waals surface area contributed by atoms with Gasteiger partial charge in [-0.1, -0.05) is 6.08 Å². The summed E-state index contributed by atoms with van der Waals surface area (Å²) in [5, 5.41) is 0. The van der Waals surface area contributed by atoms with Crippen molar-refractivity contribution >= 4 is 0 Å². The molecule has 0 amide bonds. The average molecular weight is 224 g/mol. The van der Waals surface area contributed by atoms with Crippen molar-refractivity contribution in [1.29, 1.82) is 0 Å². The van der Waals surface area contributed by atoms with E-state index >= 15 is 0 Å². The first-order chi connectivity index (χ1) is 6.11. The minimum absolute atomic E-state index is 0.386. The molecule has 0 saturated carbocycles. The zero-order valence-corrected chi connectivity index (χ0v) is 6.79. The van der Waals surface area contributed by atoms with Gasteiger partial charge in [-0.15, -0.1) is 6.58 Å². The summed E-state index contributed by atoms with van der Waals surface area (Å²) in [6.45, 7) is 2.75. The number of rotatable bonds is 4. The highest BCUT2D eigenvalue weighted by Gasteiger charge is 2.57. The van der Waals surface area contributed by atoms with Crippen LogP contribution in [0, 0.1) is 0 Å². The van der Waals surface area contributed by atoms with E-state index in [-0.39, 0.29) is 0 Å². The lowest BCUT2D eigenvalue weighted by Crippen LogP contribution is -2.42. The maximum Gasteiger partial charge on any atom is 0.425 e. The molecule has 7 heteroatoms. The Morgan fingerprint density at radius 1 is 1.07 bits per heavy atom. The molecular weight excluding hydrogens is 217 g/mol. The van der Waals surface area contributed by atoms with Crippen molar-refractivity contribution in [2.24, 2.45) is 0 Å². The minimum atomic E-state index is -5.69. The molecule has 0 heterocycles. The van der Waals surface area contributed by atoms with Gasteiger partial charge in [0.05, 0.1) is 0 Å². The molecule has 0 aromatic heterocycles.